The summed E-state index contributed by atoms with van der Waals surface area (Å²) >= 11 is 0. The fourth-order valence-electron chi connectivity index (χ4n) is 1.95. The van der Waals surface area contributed by atoms with Crippen LogP contribution in [0.5, 0.6) is 0 Å². The van der Waals surface area contributed by atoms with Crippen LogP contribution < -0.4 is 5.32 Å². The van der Waals surface area contributed by atoms with Gasteiger partial charge >= 0.3 is 5.69 Å². The Kier molecular flexibility index (Phi) is 3.26. The molecule has 1 unspecified atom stereocenters. The van der Waals surface area contributed by atoms with Gasteiger partial charge in [-0.3, -0.25) is 10.1 Å². The zero-order valence-corrected chi connectivity index (χ0v) is 10.1. The van der Waals surface area contributed by atoms with Gasteiger partial charge in [0.1, 0.15) is 0 Å². The maximum atomic E-state index is 10.9. The molecule has 1 N–H and O–H groups in total. The van der Waals surface area contributed by atoms with Gasteiger partial charge in [0, 0.05) is 18.3 Å². The molecule has 0 amide bonds. The van der Waals surface area contributed by atoms with Gasteiger partial charge in [-0.25, -0.2) is 4.98 Å². The average molecular weight is 235 g/mol. The zero-order chi connectivity index (χ0) is 12.4. The predicted octanol–water partition coefficient (Wildman–Crippen LogP) is 2.90. The van der Waals surface area contributed by atoms with Crippen molar-refractivity contribution < 1.29 is 4.92 Å². The van der Waals surface area contributed by atoms with Crippen LogP contribution in [0.15, 0.2) is 12.3 Å². The molecule has 2 rings (SSSR count). The Hall–Kier alpha value is -1.65. The SMILES string of the molecule is Cc1cnc(NC(C)CC2CC2)c([N+](=O)[O-])c1. The highest BCUT2D eigenvalue weighted by atomic mass is 16.6. The molecule has 1 aliphatic carbocycles. The van der Waals surface area contributed by atoms with Crippen LogP contribution in [0.4, 0.5) is 11.5 Å². The molecule has 0 saturated heterocycles. The Morgan fingerprint density at radius 3 is 2.94 bits per heavy atom. The molecular formula is C12H17N3O2. The van der Waals surface area contributed by atoms with Crippen molar-refractivity contribution in [3.05, 3.63) is 27.9 Å². The number of nitro groups is 1. The first kappa shape index (κ1) is 11.8. The van der Waals surface area contributed by atoms with Crippen molar-refractivity contribution in [2.75, 3.05) is 5.32 Å². The van der Waals surface area contributed by atoms with Crippen LogP contribution in [-0.4, -0.2) is 15.9 Å². The van der Waals surface area contributed by atoms with Crippen molar-refractivity contribution in [3.63, 3.8) is 0 Å². The predicted molar refractivity (Wildman–Crippen MR) is 66.1 cm³/mol. The molecule has 0 bridgehead atoms. The smallest absolute Gasteiger partial charge is 0.311 e. The van der Waals surface area contributed by atoms with Crippen LogP contribution >= 0.6 is 0 Å². The van der Waals surface area contributed by atoms with Gasteiger partial charge in [-0.2, -0.15) is 0 Å². The third kappa shape index (κ3) is 3.15. The quantitative estimate of drug-likeness (QED) is 0.629. The van der Waals surface area contributed by atoms with E-state index >= 15 is 0 Å². The molecule has 1 heterocycles. The third-order valence-corrected chi connectivity index (χ3v) is 2.97. The number of hydrogen-bond donors (Lipinski definition) is 1. The lowest BCUT2D eigenvalue weighted by Gasteiger charge is -2.14. The van der Waals surface area contributed by atoms with Gasteiger partial charge in [-0.05, 0) is 31.7 Å². The minimum absolute atomic E-state index is 0.0626. The van der Waals surface area contributed by atoms with E-state index in [0.29, 0.717) is 5.82 Å². The highest BCUT2D eigenvalue weighted by molar-refractivity contribution is 5.56. The van der Waals surface area contributed by atoms with E-state index in [1.165, 1.54) is 12.8 Å². The Labute approximate surface area is 100 Å². The van der Waals surface area contributed by atoms with E-state index in [9.17, 15) is 10.1 Å². The van der Waals surface area contributed by atoms with Gasteiger partial charge in [-0.1, -0.05) is 12.8 Å². The molecule has 1 saturated carbocycles. The summed E-state index contributed by atoms with van der Waals surface area (Å²) in [6.45, 7) is 3.85. The summed E-state index contributed by atoms with van der Waals surface area (Å²) < 4.78 is 0. The lowest BCUT2D eigenvalue weighted by molar-refractivity contribution is -0.384. The van der Waals surface area contributed by atoms with Crippen LogP contribution in [0.3, 0.4) is 0 Å². The second-order valence-corrected chi connectivity index (χ2v) is 4.86. The lowest BCUT2D eigenvalue weighted by atomic mass is 10.1. The molecule has 1 aliphatic rings. The molecule has 5 nitrogen and oxygen atoms in total. The second-order valence-electron chi connectivity index (χ2n) is 4.86. The Bertz CT molecular complexity index is 430. The van der Waals surface area contributed by atoms with Crippen molar-refractivity contribution in [1.82, 2.24) is 4.98 Å². The van der Waals surface area contributed by atoms with Crippen molar-refractivity contribution in [2.45, 2.75) is 39.2 Å². The fraction of sp³-hybridized carbons (Fsp3) is 0.583. The standard InChI is InChI=1S/C12H17N3O2/c1-8-5-11(15(16)17)12(13-7-8)14-9(2)6-10-3-4-10/h5,7,9-10H,3-4,6H2,1-2H3,(H,13,14). The number of pyridine rings is 1. The number of aromatic nitrogens is 1. The number of anilines is 1. The number of aryl methyl sites for hydroxylation is 1. The third-order valence-electron chi connectivity index (χ3n) is 2.97. The Balaban J connectivity index is 2.10. The minimum atomic E-state index is -0.383. The van der Waals surface area contributed by atoms with Crippen molar-refractivity contribution in [1.29, 1.82) is 0 Å². The molecule has 1 fully saturated rings. The normalized spacial score (nSPS) is 16.6. The molecule has 1 aromatic heterocycles. The van der Waals surface area contributed by atoms with Gasteiger partial charge in [-0.15, -0.1) is 0 Å². The largest absolute Gasteiger partial charge is 0.362 e. The molecule has 0 aromatic carbocycles. The number of nitrogens with one attached hydrogen (secondary N) is 1. The molecule has 17 heavy (non-hydrogen) atoms. The molecule has 1 aromatic rings. The minimum Gasteiger partial charge on any atom is -0.362 e. The zero-order valence-electron chi connectivity index (χ0n) is 10.1. The van der Waals surface area contributed by atoms with E-state index < -0.39 is 0 Å². The van der Waals surface area contributed by atoms with E-state index in [0.717, 1.165) is 17.9 Å². The summed E-state index contributed by atoms with van der Waals surface area (Å²) in [5.74, 6) is 1.18. The van der Waals surface area contributed by atoms with Crippen LogP contribution in [0, 0.1) is 23.0 Å². The summed E-state index contributed by atoms with van der Waals surface area (Å²) in [5.41, 5.74) is 0.866. The summed E-state index contributed by atoms with van der Waals surface area (Å²) in [5, 5.41) is 14.1. The number of rotatable bonds is 5. The maximum absolute atomic E-state index is 10.9. The number of nitrogens with zero attached hydrogens (tertiary/aromatic N) is 2. The Morgan fingerprint density at radius 1 is 1.65 bits per heavy atom. The van der Waals surface area contributed by atoms with E-state index in [-0.39, 0.29) is 16.7 Å². The molecule has 0 spiro atoms. The Morgan fingerprint density at radius 2 is 2.35 bits per heavy atom. The van der Waals surface area contributed by atoms with Crippen molar-refractivity contribution in [3.8, 4) is 0 Å². The van der Waals surface area contributed by atoms with Gasteiger partial charge < -0.3 is 5.32 Å². The summed E-state index contributed by atoms with van der Waals surface area (Å²) in [7, 11) is 0. The van der Waals surface area contributed by atoms with Gasteiger partial charge in [0.05, 0.1) is 4.92 Å². The first-order valence-electron chi connectivity index (χ1n) is 5.94. The molecule has 92 valence electrons. The first-order chi connectivity index (χ1) is 8.06. The first-order valence-corrected chi connectivity index (χ1v) is 5.94. The van der Waals surface area contributed by atoms with Gasteiger partial charge in [0.15, 0.2) is 0 Å². The molecule has 5 heteroatoms. The van der Waals surface area contributed by atoms with Crippen LogP contribution in [0.25, 0.3) is 0 Å². The highest BCUT2D eigenvalue weighted by Gasteiger charge is 2.25. The molecule has 0 aliphatic heterocycles. The summed E-state index contributed by atoms with van der Waals surface area (Å²) in [6.07, 6.45) is 5.29. The maximum Gasteiger partial charge on any atom is 0.311 e. The monoisotopic (exact) mass is 235 g/mol. The van der Waals surface area contributed by atoms with E-state index in [1.54, 1.807) is 19.2 Å². The molecule has 0 radical (unpaired) electrons. The van der Waals surface area contributed by atoms with Crippen molar-refractivity contribution >= 4 is 11.5 Å². The van der Waals surface area contributed by atoms with Gasteiger partial charge in [0.2, 0.25) is 5.82 Å². The van der Waals surface area contributed by atoms with E-state index in [4.69, 9.17) is 0 Å². The topological polar surface area (TPSA) is 68.1 Å². The van der Waals surface area contributed by atoms with Gasteiger partial charge in [0.25, 0.3) is 0 Å². The van der Waals surface area contributed by atoms with Crippen LogP contribution in [0.1, 0.15) is 31.7 Å². The second kappa shape index (κ2) is 4.69. The molecule has 1 atom stereocenters. The summed E-state index contributed by atoms with van der Waals surface area (Å²) in [6, 6.07) is 1.79. The van der Waals surface area contributed by atoms with E-state index in [1.807, 2.05) is 6.92 Å². The van der Waals surface area contributed by atoms with Crippen molar-refractivity contribution in [2.24, 2.45) is 5.92 Å². The van der Waals surface area contributed by atoms with E-state index in [2.05, 4.69) is 10.3 Å². The summed E-state index contributed by atoms with van der Waals surface area (Å²) in [4.78, 5) is 14.6. The fourth-order valence-corrected chi connectivity index (χ4v) is 1.95. The lowest BCUT2D eigenvalue weighted by Crippen LogP contribution is -2.17. The van der Waals surface area contributed by atoms with Crippen LogP contribution in [-0.2, 0) is 0 Å². The molecular weight excluding hydrogens is 218 g/mol. The highest BCUT2D eigenvalue weighted by Crippen LogP contribution is 2.34. The number of hydrogen-bond acceptors (Lipinski definition) is 4. The van der Waals surface area contributed by atoms with Crippen LogP contribution in [0.2, 0.25) is 0 Å². The average Bonchev–Trinajstić information content (AvgIpc) is 3.04.